The first-order valence-corrected chi connectivity index (χ1v) is 5.21. The number of aromatic nitrogens is 2. The lowest BCUT2D eigenvalue weighted by Gasteiger charge is -1.97. The lowest BCUT2D eigenvalue weighted by atomic mass is 10.1. The molecule has 72 valence electrons. The van der Waals surface area contributed by atoms with Crippen LogP contribution in [0, 0.1) is 0 Å². The maximum Gasteiger partial charge on any atom is 0.194 e. The van der Waals surface area contributed by atoms with Gasteiger partial charge in [0.2, 0.25) is 0 Å². The van der Waals surface area contributed by atoms with E-state index in [1.165, 1.54) is 0 Å². The summed E-state index contributed by atoms with van der Waals surface area (Å²) in [7, 11) is 0. The third-order valence-electron chi connectivity index (χ3n) is 2.47. The van der Waals surface area contributed by atoms with Crippen LogP contribution in [0.3, 0.4) is 0 Å². The molecule has 1 aliphatic carbocycles. The van der Waals surface area contributed by atoms with Gasteiger partial charge in [0.25, 0.3) is 0 Å². The number of halogens is 1. The molecule has 0 spiro atoms. The van der Waals surface area contributed by atoms with Gasteiger partial charge in [-0.3, -0.25) is 9.78 Å². The third kappa shape index (κ3) is 1.15. The highest BCUT2D eigenvalue weighted by molar-refractivity contribution is 9.10. The number of fused-ring (bicyclic) bond motifs is 3. The summed E-state index contributed by atoms with van der Waals surface area (Å²) in [5.41, 5.74) is 3.14. The van der Waals surface area contributed by atoms with Gasteiger partial charge in [-0.05, 0) is 28.1 Å². The van der Waals surface area contributed by atoms with Crippen molar-refractivity contribution in [3.63, 3.8) is 0 Å². The number of hydrogen-bond acceptors (Lipinski definition) is 3. The first kappa shape index (κ1) is 8.73. The molecule has 3 nitrogen and oxygen atoms in total. The van der Waals surface area contributed by atoms with Gasteiger partial charge in [0.1, 0.15) is 4.60 Å². The van der Waals surface area contributed by atoms with Crippen molar-refractivity contribution < 1.29 is 4.79 Å². The van der Waals surface area contributed by atoms with E-state index in [1.807, 2.05) is 0 Å². The third-order valence-corrected chi connectivity index (χ3v) is 2.90. The summed E-state index contributed by atoms with van der Waals surface area (Å²) < 4.78 is 0.676. The second-order valence-corrected chi connectivity index (χ2v) is 4.12. The Labute approximate surface area is 94.3 Å². The number of carbonyl (C=O) groups excluding carboxylic acids is 1. The first-order chi connectivity index (χ1) is 7.27. The Morgan fingerprint density at radius 1 is 1.07 bits per heavy atom. The largest absolute Gasteiger partial charge is 0.289 e. The van der Waals surface area contributed by atoms with Crippen LogP contribution >= 0.6 is 15.9 Å². The van der Waals surface area contributed by atoms with Crippen molar-refractivity contribution in [2.75, 3.05) is 0 Å². The van der Waals surface area contributed by atoms with Crippen molar-refractivity contribution in [3.05, 3.63) is 46.5 Å². The molecule has 2 aromatic heterocycles. The van der Waals surface area contributed by atoms with Gasteiger partial charge in [0, 0.05) is 40.8 Å². The number of ketones is 1. The number of carbonyl (C=O) groups is 1. The predicted octanol–water partition coefficient (Wildman–Crippen LogP) is 2.45. The van der Waals surface area contributed by atoms with E-state index in [0.717, 1.165) is 11.1 Å². The zero-order chi connectivity index (χ0) is 10.4. The van der Waals surface area contributed by atoms with Crippen LogP contribution in [0.1, 0.15) is 15.9 Å². The molecule has 0 bridgehead atoms. The molecule has 2 aromatic rings. The van der Waals surface area contributed by atoms with Gasteiger partial charge in [-0.25, -0.2) is 4.98 Å². The van der Waals surface area contributed by atoms with Gasteiger partial charge in [-0.1, -0.05) is 0 Å². The highest BCUT2D eigenvalue weighted by atomic mass is 79.9. The summed E-state index contributed by atoms with van der Waals surface area (Å²) in [6.45, 7) is 0. The van der Waals surface area contributed by atoms with Gasteiger partial charge in [0.15, 0.2) is 5.78 Å². The minimum absolute atomic E-state index is 0.0468. The van der Waals surface area contributed by atoms with E-state index < -0.39 is 0 Å². The van der Waals surface area contributed by atoms with Crippen LogP contribution < -0.4 is 0 Å². The van der Waals surface area contributed by atoms with Crippen molar-refractivity contribution in [3.8, 4) is 11.1 Å². The molecule has 4 heteroatoms. The molecule has 1 aliphatic rings. The number of pyridine rings is 2. The molecule has 0 fully saturated rings. The van der Waals surface area contributed by atoms with E-state index in [1.54, 1.807) is 30.7 Å². The van der Waals surface area contributed by atoms with E-state index >= 15 is 0 Å². The van der Waals surface area contributed by atoms with Crippen LogP contribution in [-0.4, -0.2) is 15.8 Å². The van der Waals surface area contributed by atoms with E-state index in [4.69, 9.17) is 0 Å². The number of hydrogen-bond donors (Lipinski definition) is 0. The molecule has 0 unspecified atom stereocenters. The average molecular weight is 261 g/mol. The molecule has 0 aromatic carbocycles. The molecule has 15 heavy (non-hydrogen) atoms. The zero-order valence-corrected chi connectivity index (χ0v) is 9.15. The quantitative estimate of drug-likeness (QED) is 0.584. The monoisotopic (exact) mass is 260 g/mol. The minimum Gasteiger partial charge on any atom is -0.289 e. The van der Waals surface area contributed by atoms with E-state index in [9.17, 15) is 4.79 Å². The van der Waals surface area contributed by atoms with Crippen LogP contribution in [-0.2, 0) is 0 Å². The molecular weight excluding hydrogens is 256 g/mol. The maximum atomic E-state index is 12.0. The Bertz CT molecular complexity index is 581. The van der Waals surface area contributed by atoms with Crippen molar-refractivity contribution in [1.29, 1.82) is 0 Å². The Morgan fingerprint density at radius 2 is 1.87 bits per heavy atom. The Morgan fingerprint density at radius 3 is 2.73 bits per heavy atom. The molecule has 0 saturated heterocycles. The topological polar surface area (TPSA) is 42.9 Å². The molecule has 0 amide bonds. The van der Waals surface area contributed by atoms with Gasteiger partial charge in [0.05, 0.1) is 0 Å². The summed E-state index contributed by atoms with van der Waals surface area (Å²) in [5, 5.41) is 0. The fourth-order valence-electron chi connectivity index (χ4n) is 1.78. The van der Waals surface area contributed by atoms with Crippen LogP contribution in [0.4, 0.5) is 0 Å². The molecular formula is C11H5BrN2O. The summed E-state index contributed by atoms with van der Waals surface area (Å²) in [5.74, 6) is 0.0468. The second-order valence-electron chi connectivity index (χ2n) is 3.30. The van der Waals surface area contributed by atoms with Crippen LogP contribution in [0.5, 0.6) is 0 Å². The number of rotatable bonds is 0. The standard InChI is InChI=1S/C11H5BrN2O/c12-10-3-7-9(5-14-10)8-4-13-2-1-6(8)11(7)15/h1-5H. The van der Waals surface area contributed by atoms with Gasteiger partial charge >= 0.3 is 0 Å². The predicted molar refractivity (Wildman–Crippen MR) is 58.6 cm³/mol. The zero-order valence-electron chi connectivity index (χ0n) is 7.57. The normalized spacial score (nSPS) is 12.5. The summed E-state index contributed by atoms with van der Waals surface area (Å²) in [4.78, 5) is 20.1. The summed E-state index contributed by atoms with van der Waals surface area (Å²) in [6.07, 6.45) is 5.03. The molecule has 3 rings (SSSR count). The van der Waals surface area contributed by atoms with Crippen molar-refractivity contribution in [2.24, 2.45) is 0 Å². The van der Waals surface area contributed by atoms with Gasteiger partial charge in [-0.2, -0.15) is 0 Å². The Balaban J connectivity index is 2.38. The molecule has 0 saturated carbocycles. The molecule has 0 atom stereocenters. The first-order valence-electron chi connectivity index (χ1n) is 4.42. The van der Waals surface area contributed by atoms with Crippen molar-refractivity contribution in [1.82, 2.24) is 9.97 Å². The fraction of sp³-hybridized carbons (Fsp3) is 0. The average Bonchev–Trinajstić information content (AvgIpc) is 2.54. The highest BCUT2D eigenvalue weighted by Gasteiger charge is 2.26. The van der Waals surface area contributed by atoms with Gasteiger partial charge < -0.3 is 0 Å². The van der Waals surface area contributed by atoms with E-state index in [2.05, 4.69) is 25.9 Å². The second kappa shape index (κ2) is 2.97. The number of nitrogens with zero attached hydrogens (tertiary/aromatic N) is 2. The van der Waals surface area contributed by atoms with E-state index in [0.29, 0.717) is 15.7 Å². The minimum atomic E-state index is 0.0468. The molecule has 0 radical (unpaired) electrons. The molecule has 0 aliphatic heterocycles. The lowest BCUT2D eigenvalue weighted by Crippen LogP contribution is -1.95. The lowest BCUT2D eigenvalue weighted by molar-refractivity contribution is 0.104. The molecule has 0 N–H and O–H groups in total. The Kier molecular flexibility index (Phi) is 1.73. The van der Waals surface area contributed by atoms with Crippen LogP contribution in [0.2, 0.25) is 0 Å². The fourth-order valence-corrected chi connectivity index (χ4v) is 2.12. The Hall–Kier alpha value is -1.55. The highest BCUT2D eigenvalue weighted by Crippen LogP contribution is 2.35. The smallest absolute Gasteiger partial charge is 0.194 e. The van der Waals surface area contributed by atoms with Gasteiger partial charge in [-0.15, -0.1) is 0 Å². The van der Waals surface area contributed by atoms with Crippen LogP contribution in [0.15, 0.2) is 35.3 Å². The van der Waals surface area contributed by atoms with Crippen molar-refractivity contribution in [2.45, 2.75) is 0 Å². The van der Waals surface area contributed by atoms with Crippen LogP contribution in [0.25, 0.3) is 11.1 Å². The van der Waals surface area contributed by atoms with Crippen molar-refractivity contribution >= 4 is 21.7 Å². The summed E-state index contributed by atoms with van der Waals surface area (Å²) in [6, 6.07) is 3.49. The maximum absolute atomic E-state index is 12.0. The molecule has 2 heterocycles. The SMILES string of the molecule is O=C1c2ccncc2-c2cnc(Br)cc21. The summed E-state index contributed by atoms with van der Waals surface area (Å²) >= 11 is 3.26. The van der Waals surface area contributed by atoms with E-state index in [-0.39, 0.29) is 5.78 Å².